The van der Waals surface area contributed by atoms with Crippen molar-refractivity contribution in [3.8, 4) is 0 Å². The van der Waals surface area contributed by atoms with Gasteiger partial charge in [0.05, 0.1) is 0 Å². The second kappa shape index (κ2) is 4.78. The summed E-state index contributed by atoms with van der Waals surface area (Å²) in [7, 11) is 1.61. The molecule has 1 aromatic heterocycles. The number of aromatic amines is 1. The van der Waals surface area contributed by atoms with E-state index in [-0.39, 0.29) is 5.56 Å². The maximum absolute atomic E-state index is 11.5. The van der Waals surface area contributed by atoms with Crippen LogP contribution in [-0.2, 0) is 16.8 Å². The summed E-state index contributed by atoms with van der Waals surface area (Å²) in [5.41, 5.74) is 0.135. The van der Waals surface area contributed by atoms with E-state index >= 15 is 0 Å². The van der Waals surface area contributed by atoms with Gasteiger partial charge in [-0.15, -0.1) is 0 Å². The number of ether oxygens (including phenoxy) is 1. The Labute approximate surface area is 96.1 Å². The lowest BCUT2D eigenvalue weighted by atomic mass is 10.1. The minimum Gasteiger partial charge on any atom is -0.371 e. The van der Waals surface area contributed by atoms with Crippen molar-refractivity contribution in [1.82, 2.24) is 9.97 Å². The zero-order valence-electron chi connectivity index (χ0n) is 10.6. The minimum absolute atomic E-state index is 0.120. The smallest absolute Gasteiger partial charge is 0.251 e. The molecule has 0 atom stereocenters. The van der Waals surface area contributed by atoms with Gasteiger partial charge in [-0.1, -0.05) is 13.8 Å². The van der Waals surface area contributed by atoms with E-state index in [0.29, 0.717) is 11.7 Å². The molecule has 1 N–H and O–H groups in total. The molecular formula is C12H20N2O2. The van der Waals surface area contributed by atoms with Crippen LogP contribution in [0.15, 0.2) is 10.9 Å². The van der Waals surface area contributed by atoms with Crippen LogP contribution in [-0.4, -0.2) is 17.1 Å². The number of aromatic nitrogens is 2. The van der Waals surface area contributed by atoms with Crippen LogP contribution >= 0.6 is 0 Å². The van der Waals surface area contributed by atoms with E-state index < -0.39 is 5.60 Å². The normalized spacial score (nSPS) is 12.1. The SMILES string of the molecule is COC(C)(C)c1nc(CC(C)C)cc(=O)[nH]1. The van der Waals surface area contributed by atoms with Crippen LogP contribution in [0.5, 0.6) is 0 Å². The minimum atomic E-state index is -0.563. The van der Waals surface area contributed by atoms with E-state index in [1.807, 2.05) is 13.8 Å². The average molecular weight is 224 g/mol. The molecule has 1 aromatic rings. The summed E-state index contributed by atoms with van der Waals surface area (Å²) in [5, 5.41) is 0. The van der Waals surface area contributed by atoms with E-state index in [0.717, 1.165) is 12.1 Å². The molecule has 4 heteroatoms. The molecule has 0 fully saturated rings. The van der Waals surface area contributed by atoms with Crippen LogP contribution in [0.3, 0.4) is 0 Å². The molecule has 90 valence electrons. The Balaban J connectivity index is 3.13. The fourth-order valence-corrected chi connectivity index (χ4v) is 1.41. The van der Waals surface area contributed by atoms with E-state index in [1.54, 1.807) is 13.2 Å². The van der Waals surface area contributed by atoms with Crippen molar-refractivity contribution in [2.75, 3.05) is 7.11 Å². The zero-order chi connectivity index (χ0) is 12.3. The Hall–Kier alpha value is -1.16. The highest BCUT2D eigenvalue weighted by molar-refractivity contribution is 5.07. The van der Waals surface area contributed by atoms with Gasteiger partial charge < -0.3 is 9.72 Å². The van der Waals surface area contributed by atoms with Crippen molar-refractivity contribution in [2.24, 2.45) is 5.92 Å². The molecule has 0 amide bonds. The Kier molecular flexibility index (Phi) is 3.86. The Morgan fingerprint density at radius 3 is 2.62 bits per heavy atom. The van der Waals surface area contributed by atoms with Crippen LogP contribution in [0.4, 0.5) is 0 Å². The summed E-state index contributed by atoms with van der Waals surface area (Å²) in [5.74, 6) is 1.06. The first-order valence-electron chi connectivity index (χ1n) is 5.51. The van der Waals surface area contributed by atoms with Crippen molar-refractivity contribution in [1.29, 1.82) is 0 Å². The van der Waals surface area contributed by atoms with Crippen molar-refractivity contribution in [2.45, 2.75) is 39.7 Å². The third kappa shape index (κ3) is 3.17. The highest BCUT2D eigenvalue weighted by atomic mass is 16.5. The average Bonchev–Trinajstić information content (AvgIpc) is 2.15. The third-order valence-electron chi connectivity index (χ3n) is 2.49. The third-order valence-corrected chi connectivity index (χ3v) is 2.49. The van der Waals surface area contributed by atoms with Crippen LogP contribution in [0.1, 0.15) is 39.2 Å². The van der Waals surface area contributed by atoms with Gasteiger partial charge in [-0.2, -0.15) is 0 Å². The number of nitrogens with one attached hydrogen (secondary N) is 1. The van der Waals surface area contributed by atoms with Gasteiger partial charge in [-0.05, 0) is 26.2 Å². The van der Waals surface area contributed by atoms with Gasteiger partial charge in [0, 0.05) is 18.9 Å². The number of rotatable bonds is 4. The lowest BCUT2D eigenvalue weighted by Crippen LogP contribution is -2.27. The Morgan fingerprint density at radius 1 is 1.50 bits per heavy atom. The summed E-state index contributed by atoms with van der Waals surface area (Å²) in [6, 6.07) is 1.55. The van der Waals surface area contributed by atoms with Crippen molar-refractivity contribution in [3.63, 3.8) is 0 Å². The first-order valence-corrected chi connectivity index (χ1v) is 5.51. The lowest BCUT2D eigenvalue weighted by Gasteiger charge is -2.22. The molecule has 0 saturated carbocycles. The molecule has 0 aliphatic carbocycles. The monoisotopic (exact) mass is 224 g/mol. The predicted molar refractivity (Wildman–Crippen MR) is 63.4 cm³/mol. The van der Waals surface area contributed by atoms with Gasteiger partial charge in [-0.25, -0.2) is 4.98 Å². The van der Waals surface area contributed by atoms with Crippen molar-refractivity contribution >= 4 is 0 Å². The molecule has 0 saturated heterocycles. The summed E-state index contributed by atoms with van der Waals surface area (Å²) < 4.78 is 5.31. The molecule has 0 aliphatic rings. The van der Waals surface area contributed by atoms with Gasteiger partial charge in [-0.3, -0.25) is 4.79 Å². The number of nitrogens with zero attached hydrogens (tertiary/aromatic N) is 1. The van der Waals surface area contributed by atoms with Crippen LogP contribution in [0, 0.1) is 5.92 Å². The zero-order valence-corrected chi connectivity index (χ0v) is 10.6. The van der Waals surface area contributed by atoms with E-state index in [2.05, 4.69) is 23.8 Å². The largest absolute Gasteiger partial charge is 0.371 e. The van der Waals surface area contributed by atoms with E-state index in [1.165, 1.54) is 0 Å². The standard InChI is InChI=1S/C12H20N2O2/c1-8(2)6-9-7-10(15)14-11(13-9)12(3,4)16-5/h7-8H,6H2,1-5H3,(H,13,14,15). The van der Waals surface area contributed by atoms with Crippen LogP contribution < -0.4 is 5.56 Å². The summed E-state index contributed by atoms with van der Waals surface area (Å²) in [6.07, 6.45) is 0.802. The van der Waals surface area contributed by atoms with Gasteiger partial charge in [0.25, 0.3) is 5.56 Å². The second-order valence-corrected chi connectivity index (χ2v) is 4.90. The molecule has 0 aromatic carbocycles. The number of hydrogen-bond acceptors (Lipinski definition) is 3. The maximum atomic E-state index is 11.5. The molecule has 0 radical (unpaired) electrons. The van der Waals surface area contributed by atoms with E-state index in [9.17, 15) is 4.79 Å². The maximum Gasteiger partial charge on any atom is 0.251 e. The molecule has 0 spiro atoms. The fourth-order valence-electron chi connectivity index (χ4n) is 1.41. The Morgan fingerprint density at radius 2 is 2.12 bits per heavy atom. The highest BCUT2D eigenvalue weighted by Gasteiger charge is 2.23. The second-order valence-electron chi connectivity index (χ2n) is 4.90. The molecule has 0 bridgehead atoms. The van der Waals surface area contributed by atoms with Gasteiger partial charge in [0.2, 0.25) is 0 Å². The molecular weight excluding hydrogens is 204 g/mol. The predicted octanol–water partition coefficient (Wildman–Crippen LogP) is 1.85. The van der Waals surface area contributed by atoms with Crippen LogP contribution in [0.25, 0.3) is 0 Å². The van der Waals surface area contributed by atoms with Gasteiger partial charge in [0.15, 0.2) is 0 Å². The molecule has 1 heterocycles. The Bertz CT molecular complexity index is 408. The van der Waals surface area contributed by atoms with Crippen molar-refractivity contribution in [3.05, 3.63) is 27.9 Å². The van der Waals surface area contributed by atoms with Crippen molar-refractivity contribution < 1.29 is 4.74 Å². The quantitative estimate of drug-likeness (QED) is 0.849. The lowest BCUT2D eigenvalue weighted by molar-refractivity contribution is 0.0110. The van der Waals surface area contributed by atoms with Crippen LogP contribution in [0.2, 0.25) is 0 Å². The summed E-state index contributed by atoms with van der Waals surface area (Å²) in [4.78, 5) is 18.7. The number of hydrogen-bond donors (Lipinski definition) is 1. The fraction of sp³-hybridized carbons (Fsp3) is 0.667. The summed E-state index contributed by atoms with van der Waals surface area (Å²) >= 11 is 0. The number of H-pyrrole nitrogens is 1. The molecule has 4 nitrogen and oxygen atoms in total. The first kappa shape index (κ1) is 12.9. The van der Waals surface area contributed by atoms with E-state index in [4.69, 9.17) is 4.74 Å². The first-order chi connectivity index (χ1) is 7.35. The molecule has 16 heavy (non-hydrogen) atoms. The highest BCUT2D eigenvalue weighted by Crippen LogP contribution is 2.19. The topological polar surface area (TPSA) is 55.0 Å². The summed E-state index contributed by atoms with van der Waals surface area (Å²) in [6.45, 7) is 7.96. The van der Waals surface area contributed by atoms with Gasteiger partial charge in [0.1, 0.15) is 11.4 Å². The van der Waals surface area contributed by atoms with Gasteiger partial charge >= 0.3 is 0 Å². The molecule has 0 unspecified atom stereocenters. The molecule has 1 rings (SSSR count). The number of methoxy groups -OCH3 is 1. The molecule has 0 aliphatic heterocycles.